The topological polar surface area (TPSA) is 39.7 Å². The summed E-state index contributed by atoms with van der Waals surface area (Å²) < 4.78 is 16.6. The lowest BCUT2D eigenvalue weighted by molar-refractivity contribution is 0.0499. The molecule has 1 heterocycles. The van der Waals surface area contributed by atoms with E-state index in [-0.39, 0.29) is 6.10 Å². The van der Waals surface area contributed by atoms with Gasteiger partial charge in [0.25, 0.3) is 0 Å². The van der Waals surface area contributed by atoms with E-state index in [1.165, 1.54) is 0 Å². The van der Waals surface area contributed by atoms with Crippen molar-refractivity contribution in [3.63, 3.8) is 0 Å². The molecule has 0 spiro atoms. The summed E-state index contributed by atoms with van der Waals surface area (Å²) in [6.07, 6.45) is 0.0378. The van der Waals surface area contributed by atoms with Crippen LogP contribution in [-0.2, 0) is 4.74 Å². The zero-order valence-electron chi connectivity index (χ0n) is 11.2. The van der Waals surface area contributed by atoms with Crippen LogP contribution >= 0.6 is 0 Å². The molecule has 1 saturated heterocycles. The van der Waals surface area contributed by atoms with Gasteiger partial charge in [0, 0.05) is 24.7 Å². The maximum Gasteiger partial charge on any atom is 0.128 e. The highest BCUT2D eigenvalue weighted by molar-refractivity contribution is 5.42. The van der Waals surface area contributed by atoms with Gasteiger partial charge in [-0.05, 0) is 18.1 Å². The Kier molecular flexibility index (Phi) is 4.44. The number of hydrogen-bond acceptors (Lipinski definition) is 4. The van der Waals surface area contributed by atoms with Gasteiger partial charge in [-0.15, -0.1) is 0 Å². The largest absolute Gasteiger partial charge is 0.497 e. The Balaban J connectivity index is 2.20. The molecule has 1 fully saturated rings. The van der Waals surface area contributed by atoms with E-state index in [9.17, 15) is 0 Å². The minimum Gasteiger partial charge on any atom is -0.497 e. The van der Waals surface area contributed by atoms with E-state index in [4.69, 9.17) is 14.2 Å². The molecule has 0 aromatic heterocycles. The molecule has 0 amide bonds. The Morgan fingerprint density at radius 2 is 2.06 bits per heavy atom. The summed E-state index contributed by atoms with van der Waals surface area (Å²) in [5, 5.41) is 3.41. The van der Waals surface area contributed by atoms with Crippen molar-refractivity contribution >= 4 is 0 Å². The van der Waals surface area contributed by atoms with Crippen LogP contribution in [-0.4, -0.2) is 33.9 Å². The quantitative estimate of drug-likeness (QED) is 0.892. The molecule has 1 aromatic carbocycles. The molecular formula is C14H21NO3. The van der Waals surface area contributed by atoms with E-state index in [2.05, 4.69) is 12.2 Å². The van der Waals surface area contributed by atoms with Crippen LogP contribution in [0.5, 0.6) is 11.5 Å². The molecule has 100 valence electrons. The number of rotatable bonds is 3. The van der Waals surface area contributed by atoms with E-state index in [1.807, 2.05) is 18.2 Å². The standard InChI is InChI=1S/C14H21NO3/c1-10-7-15-8-14(18-9-10)12-5-4-11(16-2)6-13(12)17-3/h4-6,10,14-15H,7-9H2,1-3H3. The van der Waals surface area contributed by atoms with Gasteiger partial charge < -0.3 is 19.5 Å². The third-order valence-corrected chi connectivity index (χ3v) is 3.19. The fourth-order valence-corrected chi connectivity index (χ4v) is 2.14. The van der Waals surface area contributed by atoms with Crippen LogP contribution in [0.2, 0.25) is 0 Å². The summed E-state index contributed by atoms with van der Waals surface area (Å²) in [6.45, 7) is 4.76. The Bertz CT molecular complexity index is 395. The van der Waals surface area contributed by atoms with Gasteiger partial charge in [-0.1, -0.05) is 6.92 Å². The fraction of sp³-hybridized carbons (Fsp3) is 0.571. The van der Waals surface area contributed by atoms with Gasteiger partial charge in [-0.2, -0.15) is 0 Å². The third kappa shape index (κ3) is 2.94. The minimum atomic E-state index is 0.0378. The summed E-state index contributed by atoms with van der Waals surface area (Å²) in [5.41, 5.74) is 1.07. The molecule has 1 aromatic rings. The molecule has 1 N–H and O–H groups in total. The van der Waals surface area contributed by atoms with E-state index < -0.39 is 0 Å². The predicted molar refractivity (Wildman–Crippen MR) is 70.3 cm³/mol. The first-order valence-corrected chi connectivity index (χ1v) is 6.29. The maximum atomic E-state index is 5.93. The van der Waals surface area contributed by atoms with Crippen LogP contribution in [0.4, 0.5) is 0 Å². The lowest BCUT2D eigenvalue weighted by Crippen LogP contribution is -2.22. The average molecular weight is 251 g/mol. The molecule has 2 unspecified atom stereocenters. The molecule has 0 bridgehead atoms. The third-order valence-electron chi connectivity index (χ3n) is 3.19. The highest BCUT2D eigenvalue weighted by Crippen LogP contribution is 2.32. The van der Waals surface area contributed by atoms with Crippen LogP contribution in [0.3, 0.4) is 0 Å². The van der Waals surface area contributed by atoms with Crippen LogP contribution in [0.1, 0.15) is 18.6 Å². The van der Waals surface area contributed by atoms with Crippen molar-refractivity contribution in [1.29, 1.82) is 0 Å². The average Bonchev–Trinajstić information content (AvgIpc) is 2.62. The molecule has 4 heteroatoms. The smallest absolute Gasteiger partial charge is 0.128 e. The van der Waals surface area contributed by atoms with Crippen molar-refractivity contribution < 1.29 is 14.2 Å². The van der Waals surface area contributed by atoms with Crippen LogP contribution in [0.15, 0.2) is 18.2 Å². The molecule has 4 nitrogen and oxygen atoms in total. The molecule has 18 heavy (non-hydrogen) atoms. The van der Waals surface area contributed by atoms with Crippen molar-refractivity contribution in [2.75, 3.05) is 33.9 Å². The number of hydrogen-bond donors (Lipinski definition) is 1. The fourth-order valence-electron chi connectivity index (χ4n) is 2.14. The second-order valence-corrected chi connectivity index (χ2v) is 4.69. The lowest BCUT2D eigenvalue weighted by atomic mass is 10.1. The highest BCUT2D eigenvalue weighted by Gasteiger charge is 2.21. The van der Waals surface area contributed by atoms with Gasteiger partial charge in [-0.3, -0.25) is 0 Å². The molecule has 1 aliphatic rings. The van der Waals surface area contributed by atoms with Gasteiger partial charge in [0.1, 0.15) is 11.5 Å². The molecular weight excluding hydrogens is 230 g/mol. The first kappa shape index (κ1) is 13.2. The van der Waals surface area contributed by atoms with Crippen LogP contribution in [0, 0.1) is 5.92 Å². The Labute approximate surface area is 108 Å². The van der Waals surface area contributed by atoms with Crippen LogP contribution in [0.25, 0.3) is 0 Å². The van der Waals surface area contributed by atoms with Crippen LogP contribution < -0.4 is 14.8 Å². The second kappa shape index (κ2) is 6.07. The molecule has 0 aliphatic carbocycles. The second-order valence-electron chi connectivity index (χ2n) is 4.69. The van der Waals surface area contributed by atoms with Crippen molar-refractivity contribution in [1.82, 2.24) is 5.32 Å². The first-order chi connectivity index (χ1) is 8.74. The molecule has 1 aliphatic heterocycles. The summed E-state index contributed by atoms with van der Waals surface area (Å²) >= 11 is 0. The van der Waals surface area contributed by atoms with Gasteiger partial charge in [0.05, 0.1) is 26.9 Å². The zero-order chi connectivity index (χ0) is 13.0. The van der Waals surface area contributed by atoms with Gasteiger partial charge in [0.2, 0.25) is 0 Å². The number of methoxy groups -OCH3 is 2. The van der Waals surface area contributed by atoms with Gasteiger partial charge in [0.15, 0.2) is 0 Å². The minimum absolute atomic E-state index is 0.0378. The summed E-state index contributed by atoms with van der Waals surface area (Å²) in [7, 11) is 3.32. The van der Waals surface area contributed by atoms with Crippen molar-refractivity contribution in [2.24, 2.45) is 5.92 Å². The Hall–Kier alpha value is -1.26. The Morgan fingerprint density at radius 3 is 2.78 bits per heavy atom. The lowest BCUT2D eigenvalue weighted by Gasteiger charge is -2.19. The molecule has 0 saturated carbocycles. The Morgan fingerprint density at radius 1 is 1.22 bits per heavy atom. The van der Waals surface area contributed by atoms with E-state index in [0.717, 1.165) is 36.8 Å². The number of nitrogens with one attached hydrogen (secondary N) is 1. The summed E-state index contributed by atoms with van der Waals surface area (Å²) in [4.78, 5) is 0. The summed E-state index contributed by atoms with van der Waals surface area (Å²) in [5.74, 6) is 2.15. The molecule has 0 radical (unpaired) electrons. The summed E-state index contributed by atoms with van der Waals surface area (Å²) in [6, 6.07) is 5.85. The normalized spacial score (nSPS) is 24.4. The molecule has 2 atom stereocenters. The maximum absolute atomic E-state index is 5.93. The van der Waals surface area contributed by atoms with E-state index >= 15 is 0 Å². The predicted octanol–water partition coefficient (Wildman–Crippen LogP) is 2.00. The van der Waals surface area contributed by atoms with Gasteiger partial charge >= 0.3 is 0 Å². The van der Waals surface area contributed by atoms with E-state index in [0.29, 0.717) is 5.92 Å². The van der Waals surface area contributed by atoms with Crippen molar-refractivity contribution in [2.45, 2.75) is 13.0 Å². The zero-order valence-corrected chi connectivity index (χ0v) is 11.2. The SMILES string of the molecule is COc1ccc(C2CNCC(C)CO2)c(OC)c1. The monoisotopic (exact) mass is 251 g/mol. The number of benzene rings is 1. The molecule has 2 rings (SSSR count). The van der Waals surface area contributed by atoms with Gasteiger partial charge in [-0.25, -0.2) is 0 Å². The van der Waals surface area contributed by atoms with Crippen molar-refractivity contribution in [3.8, 4) is 11.5 Å². The number of ether oxygens (including phenoxy) is 3. The van der Waals surface area contributed by atoms with Crippen molar-refractivity contribution in [3.05, 3.63) is 23.8 Å². The van der Waals surface area contributed by atoms with E-state index in [1.54, 1.807) is 14.2 Å². The highest BCUT2D eigenvalue weighted by atomic mass is 16.5. The first-order valence-electron chi connectivity index (χ1n) is 6.29.